The van der Waals surface area contributed by atoms with Crippen LogP contribution in [0.3, 0.4) is 0 Å². The summed E-state index contributed by atoms with van der Waals surface area (Å²) in [6, 6.07) is 2.02. The minimum atomic E-state index is -4.78. The fourth-order valence-corrected chi connectivity index (χ4v) is 5.88. The quantitative estimate of drug-likeness (QED) is 0.0362. The summed E-state index contributed by atoms with van der Waals surface area (Å²) in [5.41, 5.74) is -3.53. The molecule has 0 aromatic heterocycles. The van der Waals surface area contributed by atoms with Gasteiger partial charge in [0.1, 0.15) is 31.8 Å². The Morgan fingerprint density at radius 3 is 1.40 bits per heavy atom. The number of ether oxygens (including phenoxy) is 4. The first-order chi connectivity index (χ1) is 27.1. The normalized spacial score (nSPS) is 15.7. The molecule has 0 aliphatic carbocycles. The van der Waals surface area contributed by atoms with Gasteiger partial charge in [0.15, 0.2) is 24.6 Å². The number of hydrogen-bond donors (Lipinski definition) is 0. The highest BCUT2D eigenvalue weighted by atomic mass is 35.5. The summed E-state index contributed by atoms with van der Waals surface area (Å²) >= 11 is 17.8. The average Bonchev–Trinajstić information content (AvgIpc) is 3.10. The molecular weight excluding hydrogens is 881 g/mol. The van der Waals surface area contributed by atoms with Crippen molar-refractivity contribution in [1.29, 1.82) is 0 Å². The molecule has 6 atom stereocenters. The second-order valence-corrected chi connectivity index (χ2v) is 20.2. The minimum absolute atomic E-state index is 0.0205. The van der Waals surface area contributed by atoms with Crippen LogP contribution in [0.1, 0.15) is 90.0 Å². The SMILES string of the molecule is CON=C[C@@H](F)[C@H](OC(=O)C(C)(C)C)[C@@H](C)COC(=O)C(C)(C)C.CON=C[C@@H](F)[C@H](OC(=O)C(C)(C)C)[C@@H](COC(=O)C(C)(C)C)OS(=O)(=O)c1cc(Cl)c(Cl)cc1Cl. The van der Waals surface area contributed by atoms with Crippen LogP contribution in [0.25, 0.3) is 0 Å². The van der Waals surface area contributed by atoms with E-state index in [0.29, 0.717) is 6.21 Å². The number of benzene rings is 1. The third-order valence-corrected chi connectivity index (χ3v) is 9.98. The van der Waals surface area contributed by atoms with Gasteiger partial charge in [0, 0.05) is 5.92 Å². The molecule has 0 unspecified atom stereocenters. The van der Waals surface area contributed by atoms with E-state index in [4.69, 9.17) is 57.9 Å². The Morgan fingerprint density at radius 1 is 0.633 bits per heavy atom. The van der Waals surface area contributed by atoms with E-state index in [2.05, 4.69) is 20.0 Å². The summed E-state index contributed by atoms with van der Waals surface area (Å²) < 4.78 is 82.0. The van der Waals surface area contributed by atoms with Crippen LogP contribution in [0, 0.1) is 27.6 Å². The van der Waals surface area contributed by atoms with E-state index in [1.54, 1.807) is 69.2 Å². The molecule has 21 heteroatoms. The lowest BCUT2D eigenvalue weighted by atomic mass is 9.95. The average molecular weight is 940 g/mol. The van der Waals surface area contributed by atoms with Crippen molar-refractivity contribution in [3.05, 3.63) is 27.2 Å². The van der Waals surface area contributed by atoms with E-state index in [1.165, 1.54) is 27.9 Å². The first-order valence-corrected chi connectivity index (χ1v) is 20.9. The highest BCUT2D eigenvalue weighted by Crippen LogP contribution is 2.34. The van der Waals surface area contributed by atoms with E-state index in [-0.39, 0.29) is 21.7 Å². The summed E-state index contributed by atoms with van der Waals surface area (Å²) in [6.45, 7) is 20.1. The van der Waals surface area contributed by atoms with Gasteiger partial charge < -0.3 is 28.6 Å². The summed E-state index contributed by atoms with van der Waals surface area (Å²) in [5.74, 6) is -3.14. The highest BCUT2D eigenvalue weighted by molar-refractivity contribution is 7.87. The van der Waals surface area contributed by atoms with Crippen LogP contribution in [0.2, 0.25) is 15.1 Å². The number of halogens is 5. The Morgan fingerprint density at radius 2 is 1.00 bits per heavy atom. The number of alkyl halides is 2. The minimum Gasteiger partial charge on any atom is -0.465 e. The van der Waals surface area contributed by atoms with Crippen LogP contribution in [0.4, 0.5) is 8.78 Å². The van der Waals surface area contributed by atoms with Gasteiger partial charge in [-0.05, 0) is 95.2 Å². The summed E-state index contributed by atoms with van der Waals surface area (Å²) in [5, 5.41) is 6.19. The number of hydrogen-bond acceptors (Lipinski definition) is 15. The van der Waals surface area contributed by atoms with E-state index < -0.39 is 104 Å². The Bertz CT molecular complexity index is 1770. The predicted octanol–water partition coefficient (Wildman–Crippen LogP) is 8.38. The first-order valence-electron chi connectivity index (χ1n) is 18.4. The summed E-state index contributed by atoms with van der Waals surface area (Å²) in [7, 11) is -2.35. The van der Waals surface area contributed by atoms with Crippen LogP contribution in [0.15, 0.2) is 27.3 Å². The fraction of sp³-hybridized carbons (Fsp3) is 0.692. The lowest BCUT2D eigenvalue weighted by molar-refractivity contribution is -0.172. The lowest BCUT2D eigenvalue weighted by Crippen LogP contribution is -2.47. The van der Waals surface area contributed by atoms with Gasteiger partial charge in [0.25, 0.3) is 10.1 Å². The van der Waals surface area contributed by atoms with Crippen molar-refractivity contribution in [3.63, 3.8) is 0 Å². The number of nitrogens with zero attached hydrogens (tertiary/aromatic N) is 2. The van der Waals surface area contributed by atoms with Crippen molar-refractivity contribution in [2.24, 2.45) is 37.9 Å². The molecule has 0 bridgehead atoms. The van der Waals surface area contributed by atoms with Gasteiger partial charge in [-0.25, -0.2) is 8.78 Å². The van der Waals surface area contributed by atoms with Gasteiger partial charge >= 0.3 is 23.9 Å². The Hall–Kier alpha value is -3.32. The molecule has 0 amide bonds. The van der Waals surface area contributed by atoms with Crippen LogP contribution >= 0.6 is 34.8 Å². The molecule has 0 N–H and O–H groups in total. The second kappa shape index (κ2) is 23.8. The molecule has 0 spiro atoms. The number of carbonyl (C=O) groups excluding carboxylic acids is 4. The monoisotopic (exact) mass is 938 g/mol. The van der Waals surface area contributed by atoms with Crippen LogP contribution in [-0.2, 0) is 62.1 Å². The third kappa shape index (κ3) is 19.6. The molecule has 0 aliphatic rings. The molecule has 0 fully saturated rings. The van der Waals surface area contributed by atoms with Crippen molar-refractivity contribution in [3.8, 4) is 0 Å². The summed E-state index contributed by atoms with van der Waals surface area (Å²) in [4.78, 5) is 57.2. The molecule has 344 valence electrons. The lowest BCUT2D eigenvalue weighted by Gasteiger charge is -2.30. The number of carbonyl (C=O) groups is 4. The van der Waals surface area contributed by atoms with E-state index in [1.807, 2.05) is 0 Å². The van der Waals surface area contributed by atoms with E-state index >= 15 is 4.39 Å². The van der Waals surface area contributed by atoms with Crippen molar-refractivity contribution in [2.75, 3.05) is 27.4 Å². The topological polar surface area (TPSA) is 192 Å². The molecule has 1 aromatic carbocycles. The summed E-state index contributed by atoms with van der Waals surface area (Å²) in [6.07, 6.45) is -7.28. The van der Waals surface area contributed by atoms with Gasteiger partial charge in [-0.3, -0.25) is 23.4 Å². The number of rotatable bonds is 17. The Labute approximate surface area is 367 Å². The molecule has 0 saturated carbocycles. The molecule has 1 rings (SSSR count). The first kappa shape index (κ1) is 56.7. The third-order valence-electron chi connectivity index (χ3n) is 7.46. The molecule has 1 aromatic rings. The zero-order valence-corrected chi connectivity index (χ0v) is 39.8. The van der Waals surface area contributed by atoms with Crippen molar-refractivity contribution in [1.82, 2.24) is 0 Å². The van der Waals surface area contributed by atoms with Gasteiger partial charge in [-0.2, -0.15) is 8.42 Å². The van der Waals surface area contributed by atoms with Crippen LogP contribution in [-0.4, -0.2) is 103 Å². The Kier molecular flexibility index (Phi) is 22.5. The van der Waals surface area contributed by atoms with Gasteiger partial charge in [0.2, 0.25) is 0 Å². The van der Waals surface area contributed by atoms with Crippen LogP contribution in [0.5, 0.6) is 0 Å². The van der Waals surface area contributed by atoms with Gasteiger partial charge in [-0.1, -0.05) is 52.0 Å². The predicted molar refractivity (Wildman–Crippen MR) is 223 cm³/mol. The Balaban J connectivity index is 0.00000126. The standard InChI is InChI=1S/C22H29Cl3FNO8S.C17H30FNO5/c1-21(2,3)19(28)33-11-16(18(15(26)10-27-32-7)34-20(29)22(4,5)6)35-36(30,31)17-9-13(24)12(23)8-14(17)25;1-11(10-23-14(20)16(2,3)4)13(12(18)9-19-22-8)24-15(21)17(5,6)7/h8-10,15-16,18H,11H2,1-7H3;9,11-13H,10H2,1-8H3/t15-,16-,18+;11-,12+,13+/m10/s1. The molecule has 60 heavy (non-hydrogen) atoms. The van der Waals surface area contributed by atoms with Gasteiger partial charge in [-0.15, -0.1) is 0 Å². The number of esters is 4. The fourth-order valence-electron chi connectivity index (χ4n) is 3.83. The molecule has 0 radical (unpaired) electrons. The van der Waals surface area contributed by atoms with Crippen molar-refractivity contribution >= 4 is 81.2 Å². The second-order valence-electron chi connectivity index (χ2n) is 17.5. The maximum Gasteiger partial charge on any atom is 0.311 e. The van der Waals surface area contributed by atoms with Gasteiger partial charge in [0.05, 0.1) is 55.8 Å². The van der Waals surface area contributed by atoms with Crippen molar-refractivity contribution in [2.45, 2.75) is 126 Å². The molecular formula is C39H59Cl3F2N2O13S. The maximum atomic E-state index is 15.2. The maximum absolute atomic E-state index is 15.2. The zero-order chi connectivity index (χ0) is 47.2. The largest absolute Gasteiger partial charge is 0.465 e. The smallest absolute Gasteiger partial charge is 0.311 e. The van der Waals surface area contributed by atoms with E-state index in [0.717, 1.165) is 25.5 Å². The zero-order valence-electron chi connectivity index (χ0n) is 36.7. The molecule has 15 nitrogen and oxygen atoms in total. The number of oxime groups is 2. The molecule has 0 heterocycles. The molecule has 0 saturated heterocycles. The molecule has 0 aliphatic heterocycles. The highest BCUT2D eigenvalue weighted by Gasteiger charge is 2.42. The van der Waals surface area contributed by atoms with E-state index in [9.17, 15) is 32.0 Å². The van der Waals surface area contributed by atoms with Crippen LogP contribution < -0.4 is 0 Å². The van der Waals surface area contributed by atoms with Crippen molar-refractivity contribution < 1.29 is 69.2 Å².